The molecular formula is C22H19N3O5S. The van der Waals surface area contributed by atoms with E-state index in [9.17, 15) is 18.5 Å². The summed E-state index contributed by atoms with van der Waals surface area (Å²) in [5, 5.41) is 23.1. The number of nitrogens with one attached hydrogen (secondary N) is 1. The molecule has 0 aromatic heterocycles. The predicted molar refractivity (Wildman–Crippen MR) is 115 cm³/mol. The topological polar surface area (TPSA) is 122 Å². The van der Waals surface area contributed by atoms with Gasteiger partial charge in [0.1, 0.15) is 17.4 Å². The number of benzene rings is 3. The number of nitro groups is 1. The minimum atomic E-state index is -3.62. The Morgan fingerprint density at radius 3 is 2.19 bits per heavy atom. The lowest BCUT2D eigenvalue weighted by molar-refractivity contribution is -0.385. The molecule has 0 spiro atoms. The molecule has 0 aliphatic carbocycles. The maximum atomic E-state index is 12.8. The molecule has 0 atom stereocenters. The number of nitro benzene ring substituents is 1. The quantitative estimate of drug-likeness (QED) is 0.418. The zero-order valence-corrected chi connectivity index (χ0v) is 17.4. The van der Waals surface area contributed by atoms with Gasteiger partial charge in [0, 0.05) is 18.3 Å². The molecule has 0 amide bonds. The van der Waals surface area contributed by atoms with Crippen LogP contribution in [-0.4, -0.2) is 27.0 Å². The molecule has 3 rings (SSSR count). The van der Waals surface area contributed by atoms with Gasteiger partial charge in [-0.3, -0.25) is 10.1 Å². The number of rotatable bonds is 8. The first-order valence-corrected chi connectivity index (χ1v) is 10.7. The molecular weight excluding hydrogens is 418 g/mol. The number of methoxy groups -OCH3 is 1. The van der Waals surface area contributed by atoms with E-state index in [1.165, 1.54) is 31.4 Å². The molecule has 3 aromatic rings. The Balaban J connectivity index is 1.64. The Morgan fingerprint density at radius 2 is 1.65 bits per heavy atom. The molecule has 1 N–H and O–H groups in total. The van der Waals surface area contributed by atoms with E-state index in [1.54, 1.807) is 42.5 Å². The summed E-state index contributed by atoms with van der Waals surface area (Å²) in [6.45, 7) is 0.507. The minimum Gasteiger partial charge on any atom is -0.497 e. The van der Waals surface area contributed by atoms with Gasteiger partial charge in [-0.05, 0) is 60.5 Å². The van der Waals surface area contributed by atoms with Crippen LogP contribution in [0.5, 0.6) is 5.75 Å². The van der Waals surface area contributed by atoms with Crippen molar-refractivity contribution in [2.75, 3.05) is 19.0 Å². The summed E-state index contributed by atoms with van der Waals surface area (Å²) >= 11 is 0. The van der Waals surface area contributed by atoms with Gasteiger partial charge in [0.15, 0.2) is 0 Å². The fraction of sp³-hybridized carbons (Fsp3) is 0.136. The second-order valence-electron chi connectivity index (χ2n) is 6.60. The summed E-state index contributed by atoms with van der Waals surface area (Å²) in [6, 6.07) is 18.9. The first-order chi connectivity index (χ1) is 14.8. The summed E-state index contributed by atoms with van der Waals surface area (Å²) in [5.74, 6) is 0.580. The summed E-state index contributed by atoms with van der Waals surface area (Å²) in [4.78, 5) is 10.7. The Hall–Kier alpha value is -3.90. The molecule has 0 aliphatic heterocycles. The number of sulfone groups is 1. The molecule has 0 heterocycles. The van der Waals surface area contributed by atoms with Gasteiger partial charge in [0.05, 0.1) is 21.8 Å². The number of anilines is 1. The van der Waals surface area contributed by atoms with E-state index >= 15 is 0 Å². The van der Waals surface area contributed by atoms with Gasteiger partial charge in [-0.1, -0.05) is 12.1 Å². The van der Waals surface area contributed by atoms with Crippen LogP contribution in [-0.2, 0) is 16.3 Å². The van der Waals surface area contributed by atoms with Crippen molar-refractivity contribution >= 4 is 21.2 Å². The van der Waals surface area contributed by atoms with Crippen molar-refractivity contribution in [1.29, 1.82) is 5.26 Å². The molecule has 0 saturated carbocycles. The van der Waals surface area contributed by atoms with Gasteiger partial charge in [-0.15, -0.1) is 0 Å². The molecule has 0 radical (unpaired) electrons. The monoisotopic (exact) mass is 437 g/mol. The third-order valence-corrected chi connectivity index (χ3v) is 6.45. The van der Waals surface area contributed by atoms with Crippen LogP contribution in [0.25, 0.3) is 0 Å². The highest BCUT2D eigenvalue weighted by Crippen LogP contribution is 2.24. The number of nitriles is 1. The van der Waals surface area contributed by atoms with Crippen molar-refractivity contribution in [3.8, 4) is 11.8 Å². The molecule has 158 valence electrons. The fourth-order valence-corrected chi connectivity index (χ4v) is 4.23. The van der Waals surface area contributed by atoms with Crippen LogP contribution in [0.15, 0.2) is 76.5 Å². The molecule has 0 saturated heterocycles. The predicted octanol–water partition coefficient (Wildman–Crippen LogP) is 3.96. The van der Waals surface area contributed by atoms with Gasteiger partial charge in [0.25, 0.3) is 5.69 Å². The third-order valence-electron chi connectivity index (χ3n) is 4.66. The molecule has 0 fully saturated rings. The first kappa shape index (κ1) is 21.8. The summed E-state index contributed by atoms with van der Waals surface area (Å²) in [6.07, 6.45) is 0.599. The number of ether oxygens (including phenoxy) is 1. The summed E-state index contributed by atoms with van der Waals surface area (Å²) in [7, 11) is -2.10. The highest BCUT2D eigenvalue weighted by molar-refractivity contribution is 7.91. The minimum absolute atomic E-state index is 0.0110. The summed E-state index contributed by atoms with van der Waals surface area (Å²) < 4.78 is 30.6. The standard InChI is InChI=1S/C22H19N3O5S/c1-30-19-5-9-21(10-6-19)31(28,29)20-7-2-16(3-8-20)12-13-24-18-4-11-22(25(26)27)17(14-18)15-23/h2-11,14,24H,12-13H2,1H3. The molecule has 0 bridgehead atoms. The average Bonchev–Trinajstić information content (AvgIpc) is 2.79. The average molecular weight is 437 g/mol. The second kappa shape index (κ2) is 9.28. The van der Waals surface area contributed by atoms with Gasteiger partial charge in [-0.2, -0.15) is 5.26 Å². The van der Waals surface area contributed by atoms with E-state index in [4.69, 9.17) is 10.00 Å². The molecule has 0 unspecified atom stereocenters. The van der Waals surface area contributed by atoms with E-state index in [2.05, 4.69) is 5.32 Å². The molecule has 0 aliphatic rings. The van der Waals surface area contributed by atoms with E-state index in [-0.39, 0.29) is 21.0 Å². The van der Waals surface area contributed by atoms with Crippen LogP contribution in [0.1, 0.15) is 11.1 Å². The lowest BCUT2D eigenvalue weighted by Gasteiger charge is -2.09. The Labute approximate surface area is 179 Å². The lowest BCUT2D eigenvalue weighted by Crippen LogP contribution is -2.06. The van der Waals surface area contributed by atoms with Crippen molar-refractivity contribution in [1.82, 2.24) is 0 Å². The van der Waals surface area contributed by atoms with E-state index < -0.39 is 14.8 Å². The number of nitrogens with zero attached hydrogens (tertiary/aromatic N) is 2. The van der Waals surface area contributed by atoms with Gasteiger partial charge >= 0.3 is 0 Å². The first-order valence-electron chi connectivity index (χ1n) is 9.25. The highest BCUT2D eigenvalue weighted by Gasteiger charge is 2.17. The van der Waals surface area contributed by atoms with Crippen molar-refractivity contribution in [3.63, 3.8) is 0 Å². The number of hydrogen-bond donors (Lipinski definition) is 1. The maximum absolute atomic E-state index is 12.8. The smallest absolute Gasteiger partial charge is 0.287 e. The van der Waals surface area contributed by atoms with Crippen LogP contribution in [0.2, 0.25) is 0 Å². The fourth-order valence-electron chi connectivity index (χ4n) is 2.97. The van der Waals surface area contributed by atoms with Crippen LogP contribution in [0.4, 0.5) is 11.4 Å². The Morgan fingerprint density at radius 1 is 1.03 bits per heavy atom. The SMILES string of the molecule is COc1ccc(S(=O)(=O)c2ccc(CCNc3ccc([N+](=O)[O-])c(C#N)c3)cc2)cc1. The lowest BCUT2D eigenvalue weighted by atomic mass is 10.1. The molecule has 31 heavy (non-hydrogen) atoms. The normalized spacial score (nSPS) is 10.8. The Bertz CT molecular complexity index is 1230. The van der Waals surface area contributed by atoms with Crippen molar-refractivity contribution in [3.05, 3.63) is 88.0 Å². The van der Waals surface area contributed by atoms with E-state index in [1.807, 2.05) is 6.07 Å². The van der Waals surface area contributed by atoms with E-state index in [0.29, 0.717) is 24.4 Å². The van der Waals surface area contributed by atoms with Gasteiger partial charge in [0.2, 0.25) is 9.84 Å². The Kier molecular flexibility index (Phi) is 6.52. The zero-order valence-electron chi connectivity index (χ0n) is 16.6. The van der Waals surface area contributed by atoms with Crippen molar-refractivity contribution in [2.45, 2.75) is 16.2 Å². The highest BCUT2D eigenvalue weighted by atomic mass is 32.2. The molecule has 9 heteroatoms. The van der Waals surface area contributed by atoms with Crippen LogP contribution >= 0.6 is 0 Å². The van der Waals surface area contributed by atoms with Crippen LogP contribution in [0, 0.1) is 21.4 Å². The van der Waals surface area contributed by atoms with Gasteiger partial charge in [-0.25, -0.2) is 8.42 Å². The van der Waals surface area contributed by atoms with Gasteiger partial charge < -0.3 is 10.1 Å². The maximum Gasteiger partial charge on any atom is 0.287 e. The van der Waals surface area contributed by atoms with Crippen molar-refractivity contribution < 1.29 is 18.1 Å². The zero-order chi connectivity index (χ0) is 22.4. The molecule has 8 nitrogen and oxygen atoms in total. The van der Waals surface area contributed by atoms with E-state index in [0.717, 1.165) is 5.56 Å². The van der Waals surface area contributed by atoms with Crippen LogP contribution in [0.3, 0.4) is 0 Å². The van der Waals surface area contributed by atoms with Crippen LogP contribution < -0.4 is 10.1 Å². The van der Waals surface area contributed by atoms with Crippen molar-refractivity contribution in [2.24, 2.45) is 0 Å². The second-order valence-corrected chi connectivity index (χ2v) is 8.55. The summed E-state index contributed by atoms with van der Waals surface area (Å²) in [5.41, 5.74) is 1.27. The third kappa shape index (κ3) is 4.99. The largest absolute Gasteiger partial charge is 0.497 e. The number of hydrogen-bond acceptors (Lipinski definition) is 7. The molecule has 3 aromatic carbocycles.